The second-order valence-electron chi connectivity index (χ2n) is 9.69. The molecule has 4 aromatic carbocycles. The number of nitrogens with zero attached hydrogens (tertiary/aromatic N) is 1. The number of hydrogen-bond donors (Lipinski definition) is 3. The fraction of sp³-hybridized carbons (Fsp3) is 0.156. The number of esters is 1. The molecule has 0 aliphatic carbocycles. The van der Waals surface area contributed by atoms with E-state index in [1.165, 1.54) is 13.2 Å². The van der Waals surface area contributed by atoms with Gasteiger partial charge < -0.3 is 20.1 Å². The highest BCUT2D eigenvalue weighted by molar-refractivity contribution is 5.89. The van der Waals surface area contributed by atoms with Crippen molar-refractivity contribution in [3.8, 4) is 22.5 Å². The van der Waals surface area contributed by atoms with Crippen LogP contribution in [0, 0.1) is 0 Å². The van der Waals surface area contributed by atoms with E-state index in [1.807, 2.05) is 54.6 Å². The monoisotopic (exact) mass is 629 g/mol. The quantitative estimate of drug-likeness (QED) is 0.126. The number of benzene rings is 4. The van der Waals surface area contributed by atoms with Gasteiger partial charge in [-0.05, 0) is 52.6 Å². The molecule has 0 aliphatic rings. The van der Waals surface area contributed by atoms with Gasteiger partial charge in [0.25, 0.3) is 0 Å². The lowest BCUT2D eigenvalue weighted by Gasteiger charge is -2.08. The molecule has 0 radical (unpaired) electrons. The molecule has 1 heterocycles. The molecule has 1 aromatic heterocycles. The van der Waals surface area contributed by atoms with Gasteiger partial charge in [-0.25, -0.2) is 14.6 Å². The van der Waals surface area contributed by atoms with E-state index >= 15 is 0 Å². The van der Waals surface area contributed by atoms with Crippen molar-refractivity contribution in [2.45, 2.75) is 25.4 Å². The lowest BCUT2D eigenvalue weighted by molar-refractivity contribution is -0.192. The summed E-state index contributed by atoms with van der Waals surface area (Å²) < 4.78 is 75.5. The minimum atomic E-state index is -5.08. The Hall–Kier alpha value is -5.17. The van der Waals surface area contributed by atoms with E-state index < -0.39 is 23.9 Å². The van der Waals surface area contributed by atoms with Crippen LogP contribution in [0.2, 0.25) is 0 Å². The lowest BCUT2D eigenvalue weighted by Crippen LogP contribution is -2.21. The number of halogens is 6. The van der Waals surface area contributed by atoms with Crippen molar-refractivity contribution >= 4 is 23.0 Å². The van der Waals surface area contributed by atoms with Crippen LogP contribution >= 0.6 is 0 Å². The molecule has 13 heteroatoms. The molecule has 45 heavy (non-hydrogen) atoms. The summed E-state index contributed by atoms with van der Waals surface area (Å²) in [6.45, 7) is 1.29. The normalized spacial score (nSPS) is 11.5. The number of methoxy groups -OCH3 is 1. The van der Waals surface area contributed by atoms with Gasteiger partial charge in [0, 0.05) is 18.7 Å². The summed E-state index contributed by atoms with van der Waals surface area (Å²) in [6.07, 6.45) is -9.48. The highest BCUT2D eigenvalue weighted by Crippen LogP contribution is 2.32. The standard InChI is InChI=1S/C30H24F3N3O2.C2HF3O2/c1-38-29(37)24-4-2-3-20(15-24)18-34-17-19-5-7-21(8-6-19)22-9-11-23(12-10-22)28-35-26-14-13-25(30(31,32)33)16-27(26)36-28;3-2(4,5)1(6)7/h2-16,34H,17-18H2,1H3,(H,35,36);(H,6,7). The molecule has 7 nitrogen and oxygen atoms in total. The SMILES string of the molecule is COC(=O)c1cccc(CNCc2ccc(-c3ccc(-c4nc5ccc(C(F)(F)F)cc5[nH]4)cc3)cc2)c1.O=C(O)C(F)(F)F. The van der Waals surface area contributed by atoms with Gasteiger partial charge in [0.15, 0.2) is 0 Å². The number of carbonyl (C=O) groups is 2. The van der Waals surface area contributed by atoms with Gasteiger partial charge in [0.05, 0.1) is 29.3 Å². The van der Waals surface area contributed by atoms with E-state index in [0.29, 0.717) is 35.5 Å². The van der Waals surface area contributed by atoms with Gasteiger partial charge in [0.1, 0.15) is 5.82 Å². The molecule has 0 amide bonds. The van der Waals surface area contributed by atoms with Gasteiger partial charge in [-0.3, -0.25) is 0 Å². The van der Waals surface area contributed by atoms with Crippen molar-refractivity contribution in [2.75, 3.05) is 7.11 Å². The minimum Gasteiger partial charge on any atom is -0.475 e. The zero-order chi connectivity index (χ0) is 32.8. The Bertz CT molecular complexity index is 1780. The van der Waals surface area contributed by atoms with E-state index in [0.717, 1.165) is 39.9 Å². The van der Waals surface area contributed by atoms with Crippen LogP contribution in [0.5, 0.6) is 0 Å². The van der Waals surface area contributed by atoms with Crippen molar-refractivity contribution in [2.24, 2.45) is 0 Å². The molecule has 0 aliphatic heterocycles. The third-order valence-electron chi connectivity index (χ3n) is 6.50. The maximum Gasteiger partial charge on any atom is 0.490 e. The number of carbonyl (C=O) groups excluding carboxylic acids is 1. The summed E-state index contributed by atoms with van der Waals surface area (Å²) in [5.41, 5.74) is 5.62. The topological polar surface area (TPSA) is 104 Å². The molecule has 0 atom stereocenters. The van der Waals surface area contributed by atoms with Gasteiger partial charge >= 0.3 is 24.3 Å². The second kappa shape index (κ2) is 13.6. The number of aromatic amines is 1. The molecular weight excluding hydrogens is 604 g/mol. The Balaban J connectivity index is 0.000000591. The summed E-state index contributed by atoms with van der Waals surface area (Å²) in [7, 11) is 1.37. The summed E-state index contributed by atoms with van der Waals surface area (Å²) in [5.74, 6) is -2.59. The van der Waals surface area contributed by atoms with Crippen molar-refractivity contribution in [3.63, 3.8) is 0 Å². The van der Waals surface area contributed by atoms with Crippen molar-refractivity contribution < 1.29 is 45.8 Å². The van der Waals surface area contributed by atoms with Crippen LogP contribution in [-0.4, -0.2) is 40.3 Å². The Morgan fingerprint density at radius 1 is 0.800 bits per heavy atom. The summed E-state index contributed by atoms with van der Waals surface area (Å²) in [4.78, 5) is 28.0. The van der Waals surface area contributed by atoms with E-state index in [4.69, 9.17) is 14.6 Å². The number of aromatic nitrogens is 2. The molecule has 234 valence electrons. The first-order valence-corrected chi connectivity index (χ1v) is 13.2. The maximum atomic E-state index is 13.0. The van der Waals surface area contributed by atoms with Crippen LogP contribution in [0.4, 0.5) is 26.3 Å². The predicted molar refractivity (Wildman–Crippen MR) is 154 cm³/mol. The number of ether oxygens (including phenoxy) is 1. The van der Waals surface area contributed by atoms with Crippen molar-refractivity contribution in [1.29, 1.82) is 0 Å². The first-order chi connectivity index (χ1) is 21.2. The van der Waals surface area contributed by atoms with Crippen LogP contribution in [0.1, 0.15) is 27.0 Å². The number of carboxylic acid groups (broad SMARTS) is 1. The largest absolute Gasteiger partial charge is 0.490 e. The fourth-order valence-corrected chi connectivity index (χ4v) is 4.24. The van der Waals surface area contributed by atoms with Gasteiger partial charge in [-0.1, -0.05) is 60.7 Å². The van der Waals surface area contributed by atoms with E-state index in [1.54, 1.807) is 6.07 Å². The highest BCUT2D eigenvalue weighted by Gasteiger charge is 2.38. The first-order valence-electron chi connectivity index (χ1n) is 13.2. The molecule has 5 rings (SSSR count). The molecule has 0 saturated carbocycles. The Kier molecular flexibility index (Phi) is 9.92. The fourth-order valence-electron chi connectivity index (χ4n) is 4.24. The van der Waals surface area contributed by atoms with E-state index in [2.05, 4.69) is 27.4 Å². The van der Waals surface area contributed by atoms with Gasteiger partial charge in [-0.2, -0.15) is 26.3 Å². The van der Waals surface area contributed by atoms with Crippen LogP contribution in [0.3, 0.4) is 0 Å². The van der Waals surface area contributed by atoms with Crippen molar-refractivity contribution in [3.05, 3.63) is 113 Å². The average molecular weight is 630 g/mol. The average Bonchev–Trinajstić information content (AvgIpc) is 3.44. The number of carboxylic acids is 1. The lowest BCUT2D eigenvalue weighted by atomic mass is 10.0. The molecule has 0 spiro atoms. The number of hydrogen-bond acceptors (Lipinski definition) is 5. The van der Waals surface area contributed by atoms with Gasteiger partial charge in [-0.15, -0.1) is 0 Å². The number of alkyl halides is 6. The first kappa shape index (κ1) is 32.7. The minimum absolute atomic E-state index is 0.347. The third kappa shape index (κ3) is 8.70. The number of imidazole rings is 1. The Morgan fingerprint density at radius 3 is 1.96 bits per heavy atom. The number of aliphatic carboxylic acids is 1. The smallest absolute Gasteiger partial charge is 0.475 e. The van der Waals surface area contributed by atoms with Crippen molar-refractivity contribution in [1.82, 2.24) is 15.3 Å². The molecular formula is C32H25F6N3O4. The van der Waals surface area contributed by atoms with Gasteiger partial charge in [0.2, 0.25) is 0 Å². The van der Waals surface area contributed by atoms with E-state index in [-0.39, 0.29) is 5.97 Å². The number of H-pyrrole nitrogens is 1. The molecule has 0 saturated heterocycles. The zero-order valence-corrected chi connectivity index (χ0v) is 23.5. The summed E-state index contributed by atoms with van der Waals surface area (Å²) in [6, 6.07) is 26.8. The molecule has 0 bridgehead atoms. The molecule has 0 fully saturated rings. The predicted octanol–water partition coefficient (Wildman–Crippen LogP) is 7.63. The third-order valence-corrected chi connectivity index (χ3v) is 6.50. The summed E-state index contributed by atoms with van der Waals surface area (Å²) >= 11 is 0. The zero-order valence-electron chi connectivity index (χ0n) is 23.5. The van der Waals surface area contributed by atoms with Crippen LogP contribution in [0.25, 0.3) is 33.5 Å². The number of nitrogens with one attached hydrogen (secondary N) is 2. The molecule has 5 aromatic rings. The number of rotatable bonds is 7. The van der Waals surface area contributed by atoms with E-state index in [9.17, 15) is 31.1 Å². The maximum absolute atomic E-state index is 13.0. The molecule has 3 N–H and O–H groups in total. The van der Waals surface area contributed by atoms with Crippen LogP contribution < -0.4 is 5.32 Å². The van der Waals surface area contributed by atoms with Crippen LogP contribution in [0.15, 0.2) is 91.0 Å². The number of fused-ring (bicyclic) bond motifs is 1. The summed E-state index contributed by atoms with van der Waals surface area (Å²) in [5, 5.41) is 10.5. The van der Waals surface area contributed by atoms with Crippen LogP contribution in [-0.2, 0) is 28.8 Å². The second-order valence-corrected chi connectivity index (χ2v) is 9.69. The Labute approximate surface area is 252 Å². The molecule has 0 unspecified atom stereocenters. The highest BCUT2D eigenvalue weighted by atomic mass is 19.4. The Morgan fingerprint density at radius 2 is 1.38 bits per heavy atom.